The molecule has 0 saturated carbocycles. The maximum absolute atomic E-state index is 14.3. The van der Waals surface area contributed by atoms with Gasteiger partial charge >= 0.3 is 0 Å². The van der Waals surface area contributed by atoms with Gasteiger partial charge in [0.05, 0.1) is 47.8 Å². The largest absolute Gasteiger partial charge is 0.376 e. The number of aryl methyl sites for hydroxylation is 2. The molecule has 0 spiro atoms. The molecule has 2 aliphatic rings. The summed E-state index contributed by atoms with van der Waals surface area (Å²) in [6.07, 6.45) is 2.71. The van der Waals surface area contributed by atoms with Crippen LogP contribution in [0.15, 0.2) is 60.7 Å². The van der Waals surface area contributed by atoms with E-state index in [-0.39, 0.29) is 11.9 Å². The molecule has 0 unspecified atom stereocenters. The van der Waals surface area contributed by atoms with E-state index in [1.54, 1.807) is 12.1 Å². The maximum Gasteiger partial charge on any atom is 0.127 e. The van der Waals surface area contributed by atoms with Gasteiger partial charge in [-0.15, -0.1) is 0 Å². The second-order valence-corrected chi connectivity index (χ2v) is 10.8. The molecule has 6 nitrogen and oxygen atoms in total. The zero-order valence-corrected chi connectivity index (χ0v) is 21.9. The van der Waals surface area contributed by atoms with Gasteiger partial charge in [-0.3, -0.25) is 4.90 Å². The van der Waals surface area contributed by atoms with Gasteiger partial charge in [-0.25, -0.2) is 14.4 Å². The summed E-state index contributed by atoms with van der Waals surface area (Å²) in [4.78, 5) is 12.5. The number of nitrogens with zero attached hydrogens (tertiary/aromatic N) is 5. The fourth-order valence-corrected chi connectivity index (χ4v) is 5.92. The van der Waals surface area contributed by atoms with E-state index >= 15 is 0 Å². The van der Waals surface area contributed by atoms with E-state index in [1.165, 1.54) is 11.6 Å². The van der Waals surface area contributed by atoms with Crippen molar-refractivity contribution < 1.29 is 9.13 Å². The van der Waals surface area contributed by atoms with Gasteiger partial charge in [0.25, 0.3) is 0 Å². The lowest BCUT2D eigenvalue weighted by Gasteiger charge is -2.30. The van der Waals surface area contributed by atoms with E-state index in [9.17, 15) is 4.39 Å². The Morgan fingerprint density at radius 1 is 0.947 bits per heavy atom. The Morgan fingerprint density at radius 2 is 1.79 bits per heavy atom. The van der Waals surface area contributed by atoms with E-state index < -0.39 is 0 Å². The summed E-state index contributed by atoms with van der Waals surface area (Å²) in [6, 6.07) is 19.6. The fourth-order valence-electron chi connectivity index (χ4n) is 5.76. The number of rotatable bonds is 7. The van der Waals surface area contributed by atoms with Gasteiger partial charge in [0.1, 0.15) is 17.5 Å². The van der Waals surface area contributed by atoms with E-state index in [4.69, 9.17) is 26.3 Å². The van der Waals surface area contributed by atoms with Gasteiger partial charge in [0.15, 0.2) is 0 Å². The first kappa shape index (κ1) is 23.8. The molecule has 8 heteroatoms. The number of imidazole rings is 2. The van der Waals surface area contributed by atoms with Crippen LogP contribution in [0.25, 0.3) is 22.1 Å². The predicted octanol–water partition coefficient (Wildman–Crippen LogP) is 5.77. The van der Waals surface area contributed by atoms with Gasteiger partial charge in [-0.1, -0.05) is 41.9 Å². The van der Waals surface area contributed by atoms with E-state index in [1.807, 2.05) is 6.07 Å². The predicted molar refractivity (Wildman–Crippen MR) is 147 cm³/mol. The van der Waals surface area contributed by atoms with E-state index in [0.717, 1.165) is 85.9 Å². The van der Waals surface area contributed by atoms with Crippen LogP contribution in [0, 0.1) is 5.82 Å². The second kappa shape index (κ2) is 9.80. The van der Waals surface area contributed by atoms with Crippen LogP contribution in [-0.2, 0) is 43.8 Å². The Hall–Kier alpha value is -3.26. The molecular weight excluding hydrogens is 501 g/mol. The molecule has 5 aromatic rings. The van der Waals surface area contributed by atoms with Crippen molar-refractivity contribution in [3.05, 3.63) is 94.3 Å². The average molecular weight is 530 g/mol. The summed E-state index contributed by atoms with van der Waals surface area (Å²) >= 11 is 5.93. The van der Waals surface area contributed by atoms with Crippen molar-refractivity contribution in [2.45, 2.75) is 51.5 Å². The van der Waals surface area contributed by atoms with Gasteiger partial charge in [0.2, 0.25) is 0 Å². The van der Waals surface area contributed by atoms with Crippen LogP contribution < -0.4 is 0 Å². The molecule has 1 fully saturated rings. The number of benzene rings is 3. The Bertz CT molecular complexity index is 1640. The first-order chi connectivity index (χ1) is 18.6. The van der Waals surface area contributed by atoms with Crippen molar-refractivity contribution in [3.8, 4) is 0 Å². The van der Waals surface area contributed by atoms with Crippen LogP contribution in [0.2, 0.25) is 5.02 Å². The number of ether oxygens (including phenoxy) is 1. The normalized spacial score (nSPS) is 17.7. The molecule has 3 aromatic carbocycles. The molecule has 0 amide bonds. The number of halogens is 2. The Kier molecular flexibility index (Phi) is 6.15. The van der Waals surface area contributed by atoms with E-state index in [2.05, 4.69) is 50.4 Å². The molecule has 1 atom stereocenters. The van der Waals surface area contributed by atoms with Crippen LogP contribution in [-0.4, -0.2) is 43.3 Å². The second-order valence-electron chi connectivity index (χ2n) is 10.3. The van der Waals surface area contributed by atoms with Gasteiger partial charge in [-0.2, -0.15) is 0 Å². The van der Waals surface area contributed by atoms with Crippen molar-refractivity contribution in [2.75, 3.05) is 13.2 Å². The molecule has 38 heavy (non-hydrogen) atoms. The molecular formula is C30H29ClFN5O. The minimum atomic E-state index is -0.251. The third-order valence-corrected chi connectivity index (χ3v) is 8.14. The summed E-state index contributed by atoms with van der Waals surface area (Å²) < 4.78 is 24.8. The molecule has 2 aromatic heterocycles. The highest BCUT2D eigenvalue weighted by Gasteiger charge is 2.25. The molecule has 0 bridgehead atoms. The van der Waals surface area contributed by atoms with Crippen molar-refractivity contribution in [1.82, 2.24) is 24.0 Å². The molecule has 0 aliphatic carbocycles. The third kappa shape index (κ3) is 4.38. The molecule has 194 valence electrons. The van der Waals surface area contributed by atoms with Crippen LogP contribution in [0.3, 0.4) is 0 Å². The van der Waals surface area contributed by atoms with E-state index in [0.29, 0.717) is 17.0 Å². The zero-order valence-electron chi connectivity index (χ0n) is 21.1. The van der Waals surface area contributed by atoms with Gasteiger partial charge in [0, 0.05) is 24.7 Å². The summed E-state index contributed by atoms with van der Waals surface area (Å²) in [6.45, 7) is 5.05. The standard InChI is InChI=1S/C30H29ClFN5O/c31-22-11-10-20(24(32)16-22)8-9-21-4-3-7-27-30(21)34-29-19-35(13-14-36(27)29)18-28-33-25-5-1-2-6-26(25)37(28)17-23-12-15-38-23/h1-7,10-11,16,23H,8-9,12-15,17-19H2/t23-/m0/s1. The quantitative estimate of drug-likeness (QED) is 0.268. The molecule has 1 saturated heterocycles. The van der Waals surface area contributed by atoms with Crippen molar-refractivity contribution in [3.63, 3.8) is 0 Å². The average Bonchev–Trinajstić information content (AvgIpc) is 3.43. The van der Waals surface area contributed by atoms with Crippen LogP contribution >= 0.6 is 11.6 Å². The highest BCUT2D eigenvalue weighted by atomic mass is 35.5. The van der Waals surface area contributed by atoms with Crippen LogP contribution in [0.4, 0.5) is 4.39 Å². The highest BCUT2D eigenvalue weighted by Crippen LogP contribution is 2.27. The number of aromatic nitrogens is 4. The summed E-state index contributed by atoms with van der Waals surface area (Å²) in [5.41, 5.74) is 6.21. The van der Waals surface area contributed by atoms with Gasteiger partial charge < -0.3 is 13.9 Å². The SMILES string of the molecule is Fc1cc(Cl)ccc1CCc1cccc2c1nc1n2CCN(Cc2nc3ccccc3n2C[C@@H]2CCO2)C1. The molecule has 0 N–H and O–H groups in total. The topological polar surface area (TPSA) is 48.1 Å². The smallest absolute Gasteiger partial charge is 0.127 e. The van der Waals surface area contributed by atoms with Crippen molar-refractivity contribution in [1.29, 1.82) is 0 Å². The van der Waals surface area contributed by atoms with Crippen molar-refractivity contribution >= 4 is 33.7 Å². The number of hydrogen-bond acceptors (Lipinski definition) is 4. The summed E-state index contributed by atoms with van der Waals surface area (Å²) in [7, 11) is 0. The van der Waals surface area contributed by atoms with Crippen LogP contribution in [0.5, 0.6) is 0 Å². The Balaban J connectivity index is 1.13. The monoisotopic (exact) mass is 529 g/mol. The number of para-hydroxylation sites is 3. The lowest BCUT2D eigenvalue weighted by Crippen LogP contribution is -2.35. The zero-order chi connectivity index (χ0) is 25.6. The highest BCUT2D eigenvalue weighted by molar-refractivity contribution is 6.30. The minimum absolute atomic E-state index is 0.251. The Morgan fingerprint density at radius 3 is 2.63 bits per heavy atom. The van der Waals surface area contributed by atoms with Crippen LogP contribution in [0.1, 0.15) is 29.2 Å². The third-order valence-electron chi connectivity index (χ3n) is 7.90. The summed E-state index contributed by atoms with van der Waals surface area (Å²) in [5, 5.41) is 0.423. The molecule has 7 rings (SSSR count). The Labute approximate surface area is 225 Å². The minimum Gasteiger partial charge on any atom is -0.376 e. The lowest BCUT2D eigenvalue weighted by molar-refractivity contribution is -0.0592. The molecule has 2 aliphatic heterocycles. The molecule has 4 heterocycles. The maximum atomic E-state index is 14.3. The van der Waals surface area contributed by atoms with Crippen molar-refractivity contribution in [2.24, 2.45) is 0 Å². The fraction of sp³-hybridized carbons (Fsp3) is 0.333. The first-order valence-electron chi connectivity index (χ1n) is 13.3. The number of fused-ring (bicyclic) bond motifs is 4. The molecule has 0 radical (unpaired) electrons. The number of hydrogen-bond donors (Lipinski definition) is 0. The summed E-state index contributed by atoms with van der Waals surface area (Å²) in [5.74, 6) is 1.90. The van der Waals surface area contributed by atoms with Gasteiger partial charge in [-0.05, 0) is 60.7 Å². The first-order valence-corrected chi connectivity index (χ1v) is 13.7. The lowest BCUT2D eigenvalue weighted by atomic mass is 10.0.